The molecule has 0 aromatic carbocycles. The highest BCUT2D eigenvalue weighted by atomic mass is 16.5. The second kappa shape index (κ2) is 12.1. The Morgan fingerprint density at radius 1 is 1.33 bits per heavy atom. The maximum Gasteiger partial charge on any atom is 0.221 e. The minimum Gasteiger partial charge on any atom is -0.383 e. The van der Waals surface area contributed by atoms with Crippen LogP contribution in [0.1, 0.15) is 26.2 Å². The molecule has 5 N–H and O–H groups in total. The fraction of sp³-hybridized carbons (Fsp3) is 0.818. The molecule has 0 saturated carbocycles. The van der Waals surface area contributed by atoms with Gasteiger partial charge in [-0.3, -0.25) is 15.2 Å². The standard InChI is InChI=1S/C11H25N5O2/c1-3-4-6-14-11(16-12)15-7-5-10(17)13-8-9-18-2/h3-9,12H2,1-2H3,(H,13,17)(H2,14,15,16). The molecule has 7 nitrogen and oxygen atoms in total. The number of nitrogens with two attached hydrogens (primary N) is 1. The lowest BCUT2D eigenvalue weighted by atomic mass is 10.3. The first-order chi connectivity index (χ1) is 8.74. The first kappa shape index (κ1) is 16.7. The molecule has 0 aliphatic carbocycles. The van der Waals surface area contributed by atoms with Crippen LogP contribution >= 0.6 is 0 Å². The zero-order valence-electron chi connectivity index (χ0n) is 11.3. The van der Waals surface area contributed by atoms with Gasteiger partial charge in [-0.05, 0) is 6.42 Å². The van der Waals surface area contributed by atoms with Crippen LogP contribution in [0.25, 0.3) is 0 Å². The molecule has 0 aliphatic rings. The molecule has 0 radical (unpaired) electrons. The van der Waals surface area contributed by atoms with Gasteiger partial charge in [-0.2, -0.15) is 0 Å². The van der Waals surface area contributed by atoms with Crippen LogP contribution in [-0.2, 0) is 9.53 Å². The first-order valence-corrected chi connectivity index (χ1v) is 6.25. The van der Waals surface area contributed by atoms with Crippen LogP contribution in [0.5, 0.6) is 0 Å². The molecule has 0 aromatic heterocycles. The van der Waals surface area contributed by atoms with Crippen LogP contribution in [0.2, 0.25) is 0 Å². The van der Waals surface area contributed by atoms with E-state index in [2.05, 4.69) is 28.0 Å². The van der Waals surface area contributed by atoms with Crippen LogP contribution in [0.4, 0.5) is 0 Å². The number of carbonyl (C=O) groups is 1. The number of hydrogen-bond acceptors (Lipinski definition) is 4. The Balaban J connectivity index is 3.66. The van der Waals surface area contributed by atoms with Crippen molar-refractivity contribution in [2.45, 2.75) is 26.2 Å². The number of rotatable bonds is 9. The lowest BCUT2D eigenvalue weighted by Gasteiger charge is -2.09. The fourth-order valence-corrected chi connectivity index (χ4v) is 1.18. The van der Waals surface area contributed by atoms with Gasteiger partial charge in [0, 0.05) is 33.2 Å². The van der Waals surface area contributed by atoms with Crippen LogP contribution < -0.4 is 21.9 Å². The molecule has 0 aromatic rings. The molecular formula is C11H25N5O2. The minimum atomic E-state index is -0.0236. The quantitative estimate of drug-likeness (QED) is 0.145. The summed E-state index contributed by atoms with van der Waals surface area (Å²) in [5.74, 6) is 5.81. The van der Waals surface area contributed by atoms with Gasteiger partial charge in [0.15, 0.2) is 0 Å². The van der Waals surface area contributed by atoms with Crippen molar-refractivity contribution >= 4 is 11.9 Å². The molecule has 7 heteroatoms. The second-order valence-electron chi connectivity index (χ2n) is 3.75. The number of methoxy groups -OCH3 is 1. The lowest BCUT2D eigenvalue weighted by molar-refractivity contribution is -0.121. The molecule has 0 heterocycles. The van der Waals surface area contributed by atoms with Crippen LogP contribution in [0, 0.1) is 0 Å². The van der Waals surface area contributed by atoms with Crippen molar-refractivity contribution < 1.29 is 9.53 Å². The normalized spacial score (nSPS) is 11.2. The largest absolute Gasteiger partial charge is 0.383 e. The van der Waals surface area contributed by atoms with E-state index in [4.69, 9.17) is 10.6 Å². The first-order valence-electron chi connectivity index (χ1n) is 6.25. The molecule has 0 fully saturated rings. The molecule has 0 atom stereocenters. The third-order valence-corrected chi connectivity index (χ3v) is 2.19. The summed E-state index contributed by atoms with van der Waals surface area (Å²) >= 11 is 0. The topological polar surface area (TPSA) is 101 Å². The maximum atomic E-state index is 11.3. The van der Waals surface area contributed by atoms with Crippen molar-refractivity contribution in [3.63, 3.8) is 0 Å². The van der Waals surface area contributed by atoms with Gasteiger partial charge < -0.3 is 15.4 Å². The molecule has 0 spiro atoms. The van der Waals surface area contributed by atoms with Crippen molar-refractivity contribution in [1.82, 2.24) is 16.1 Å². The van der Waals surface area contributed by atoms with Gasteiger partial charge in [-0.15, -0.1) is 0 Å². The summed E-state index contributed by atoms with van der Waals surface area (Å²) < 4.78 is 4.83. The number of aliphatic imine (C=N–C) groups is 1. The van der Waals surface area contributed by atoms with Gasteiger partial charge >= 0.3 is 0 Å². The monoisotopic (exact) mass is 259 g/mol. The van der Waals surface area contributed by atoms with E-state index in [-0.39, 0.29) is 5.91 Å². The molecule has 0 aliphatic heterocycles. The molecule has 0 saturated heterocycles. The van der Waals surface area contributed by atoms with E-state index >= 15 is 0 Å². The lowest BCUT2D eigenvalue weighted by Crippen LogP contribution is -2.43. The van der Waals surface area contributed by atoms with Crippen LogP contribution in [-0.4, -0.2) is 45.2 Å². The Morgan fingerprint density at radius 3 is 2.72 bits per heavy atom. The number of guanidine groups is 1. The third kappa shape index (κ3) is 9.86. The number of ether oxygens (including phenoxy) is 1. The Kier molecular flexibility index (Phi) is 11.2. The Hall–Kier alpha value is -1.34. The number of hydrazine groups is 1. The molecular weight excluding hydrogens is 234 g/mol. The SMILES string of the molecule is CCCCN=C(NN)NCCC(=O)NCCOC. The summed E-state index contributed by atoms with van der Waals surface area (Å²) in [4.78, 5) is 15.6. The van der Waals surface area contributed by atoms with Gasteiger partial charge in [0.25, 0.3) is 0 Å². The smallest absolute Gasteiger partial charge is 0.221 e. The molecule has 0 unspecified atom stereocenters. The van der Waals surface area contributed by atoms with E-state index in [0.29, 0.717) is 32.1 Å². The second-order valence-corrected chi connectivity index (χ2v) is 3.75. The highest BCUT2D eigenvalue weighted by Gasteiger charge is 2.01. The summed E-state index contributed by atoms with van der Waals surface area (Å²) in [6.07, 6.45) is 2.48. The summed E-state index contributed by atoms with van der Waals surface area (Å²) in [5.41, 5.74) is 2.47. The number of carbonyl (C=O) groups excluding carboxylic acids is 1. The summed E-state index contributed by atoms with van der Waals surface area (Å²) in [7, 11) is 1.60. The summed E-state index contributed by atoms with van der Waals surface area (Å²) in [6, 6.07) is 0. The van der Waals surface area contributed by atoms with Gasteiger partial charge in [-0.25, -0.2) is 5.84 Å². The molecule has 1 amide bonds. The predicted molar refractivity (Wildman–Crippen MR) is 72.0 cm³/mol. The third-order valence-electron chi connectivity index (χ3n) is 2.19. The van der Waals surface area contributed by atoms with E-state index in [1.807, 2.05) is 0 Å². The molecule has 0 rings (SSSR count). The fourth-order valence-electron chi connectivity index (χ4n) is 1.18. The van der Waals surface area contributed by atoms with Crippen molar-refractivity contribution in [2.24, 2.45) is 10.8 Å². The molecule has 106 valence electrons. The molecule has 18 heavy (non-hydrogen) atoms. The Bertz CT molecular complexity index is 246. The van der Waals surface area contributed by atoms with Crippen LogP contribution in [0.3, 0.4) is 0 Å². The van der Waals surface area contributed by atoms with E-state index in [9.17, 15) is 4.79 Å². The van der Waals surface area contributed by atoms with Gasteiger partial charge in [-0.1, -0.05) is 13.3 Å². The number of nitrogens with one attached hydrogen (secondary N) is 3. The van der Waals surface area contributed by atoms with Gasteiger partial charge in [0.05, 0.1) is 6.61 Å². The van der Waals surface area contributed by atoms with Gasteiger partial charge in [0.1, 0.15) is 0 Å². The predicted octanol–water partition coefficient (Wildman–Crippen LogP) is -0.652. The minimum absolute atomic E-state index is 0.0236. The zero-order chi connectivity index (χ0) is 13.6. The van der Waals surface area contributed by atoms with Crippen molar-refractivity contribution in [2.75, 3.05) is 33.4 Å². The van der Waals surface area contributed by atoms with E-state index in [1.165, 1.54) is 0 Å². The van der Waals surface area contributed by atoms with Crippen molar-refractivity contribution in [3.8, 4) is 0 Å². The van der Waals surface area contributed by atoms with E-state index in [1.54, 1.807) is 7.11 Å². The zero-order valence-corrected chi connectivity index (χ0v) is 11.3. The van der Waals surface area contributed by atoms with Crippen molar-refractivity contribution in [3.05, 3.63) is 0 Å². The number of amides is 1. The van der Waals surface area contributed by atoms with Crippen LogP contribution in [0.15, 0.2) is 4.99 Å². The highest BCUT2D eigenvalue weighted by molar-refractivity contribution is 5.80. The highest BCUT2D eigenvalue weighted by Crippen LogP contribution is 1.86. The van der Waals surface area contributed by atoms with E-state index < -0.39 is 0 Å². The number of nitrogens with zero attached hydrogens (tertiary/aromatic N) is 1. The summed E-state index contributed by atoms with van der Waals surface area (Å²) in [5, 5.41) is 5.70. The van der Waals surface area contributed by atoms with E-state index in [0.717, 1.165) is 19.4 Å². The average Bonchev–Trinajstić information content (AvgIpc) is 2.37. The Morgan fingerprint density at radius 2 is 2.11 bits per heavy atom. The Labute approximate surface area is 109 Å². The molecule has 0 bridgehead atoms. The number of hydrogen-bond donors (Lipinski definition) is 4. The van der Waals surface area contributed by atoms with Crippen molar-refractivity contribution in [1.29, 1.82) is 0 Å². The average molecular weight is 259 g/mol. The van der Waals surface area contributed by atoms with Gasteiger partial charge in [0.2, 0.25) is 11.9 Å². The summed E-state index contributed by atoms with van der Waals surface area (Å²) in [6.45, 7) is 4.37. The maximum absolute atomic E-state index is 11.3. The number of unbranched alkanes of at least 4 members (excludes halogenated alkanes) is 1.